The van der Waals surface area contributed by atoms with Crippen LogP contribution in [-0.4, -0.2) is 48.2 Å². The number of ether oxygens (including phenoxy) is 3. The van der Waals surface area contributed by atoms with Gasteiger partial charge >= 0.3 is 5.97 Å². The minimum atomic E-state index is -0.478. The summed E-state index contributed by atoms with van der Waals surface area (Å²) in [5, 5.41) is 0. The smallest absolute Gasteiger partial charge is 0.340 e. The molecule has 0 fully saturated rings. The number of carbonyl (C=O) groups excluding carboxylic acids is 2. The normalized spacial score (nSPS) is 12.6. The van der Waals surface area contributed by atoms with Gasteiger partial charge in [-0.25, -0.2) is 4.79 Å². The molecule has 1 aromatic heterocycles. The van der Waals surface area contributed by atoms with Gasteiger partial charge in [-0.1, -0.05) is 6.07 Å². The molecule has 1 aromatic carbocycles. The van der Waals surface area contributed by atoms with E-state index in [1.807, 2.05) is 43.5 Å². The molecule has 0 saturated heterocycles. The predicted octanol–water partition coefficient (Wildman–Crippen LogP) is 2.71. The molecule has 0 radical (unpaired) electrons. The zero-order valence-electron chi connectivity index (χ0n) is 16.8. The molecule has 2 aromatic rings. The van der Waals surface area contributed by atoms with E-state index in [0.717, 1.165) is 23.5 Å². The summed E-state index contributed by atoms with van der Waals surface area (Å²) >= 11 is 0. The fraction of sp³-hybridized carbons (Fsp3) is 0.429. The standard InChI is InChI=1S/C21H26N2O5/c1-5-23-14(2)10-17(15(23)3)21(25)28-13-20(24)22(4)12-16-6-7-18-19(11-16)27-9-8-26-18/h6-7,10-11H,5,8-9,12-13H2,1-4H3. The van der Waals surface area contributed by atoms with Crippen LogP contribution in [0, 0.1) is 13.8 Å². The summed E-state index contributed by atoms with van der Waals surface area (Å²) in [5.41, 5.74) is 3.26. The van der Waals surface area contributed by atoms with Gasteiger partial charge in [-0.05, 0) is 44.5 Å². The number of fused-ring (bicyclic) bond motifs is 1. The Morgan fingerprint density at radius 3 is 2.54 bits per heavy atom. The van der Waals surface area contributed by atoms with Gasteiger partial charge in [-0.15, -0.1) is 0 Å². The van der Waals surface area contributed by atoms with Gasteiger partial charge in [0.2, 0.25) is 0 Å². The fourth-order valence-corrected chi connectivity index (χ4v) is 3.36. The van der Waals surface area contributed by atoms with Crippen LogP contribution in [0.25, 0.3) is 0 Å². The predicted molar refractivity (Wildman–Crippen MR) is 104 cm³/mol. The van der Waals surface area contributed by atoms with E-state index in [0.29, 0.717) is 36.8 Å². The minimum Gasteiger partial charge on any atom is -0.486 e. The molecule has 1 amide bonds. The maximum absolute atomic E-state index is 12.4. The van der Waals surface area contributed by atoms with Crippen molar-refractivity contribution in [3.63, 3.8) is 0 Å². The molecular weight excluding hydrogens is 360 g/mol. The molecule has 0 atom stereocenters. The lowest BCUT2D eigenvalue weighted by Crippen LogP contribution is -2.31. The quantitative estimate of drug-likeness (QED) is 0.714. The van der Waals surface area contributed by atoms with Gasteiger partial charge in [0.05, 0.1) is 5.56 Å². The van der Waals surface area contributed by atoms with Crippen molar-refractivity contribution >= 4 is 11.9 Å². The summed E-state index contributed by atoms with van der Waals surface area (Å²) in [6.07, 6.45) is 0. The maximum Gasteiger partial charge on any atom is 0.340 e. The van der Waals surface area contributed by atoms with Crippen LogP contribution in [0.3, 0.4) is 0 Å². The van der Waals surface area contributed by atoms with Gasteiger partial charge in [-0.2, -0.15) is 0 Å². The van der Waals surface area contributed by atoms with Gasteiger partial charge < -0.3 is 23.7 Å². The van der Waals surface area contributed by atoms with Crippen molar-refractivity contribution in [3.8, 4) is 11.5 Å². The van der Waals surface area contributed by atoms with Crippen LogP contribution >= 0.6 is 0 Å². The molecule has 7 nitrogen and oxygen atoms in total. The molecule has 2 heterocycles. The number of amides is 1. The summed E-state index contributed by atoms with van der Waals surface area (Å²) in [4.78, 5) is 26.3. The van der Waals surface area contributed by atoms with Crippen LogP contribution in [-0.2, 0) is 22.6 Å². The summed E-state index contributed by atoms with van der Waals surface area (Å²) in [7, 11) is 1.68. The van der Waals surface area contributed by atoms with E-state index in [-0.39, 0.29) is 12.5 Å². The van der Waals surface area contributed by atoms with E-state index < -0.39 is 5.97 Å². The Morgan fingerprint density at radius 1 is 1.14 bits per heavy atom. The Labute approximate surface area is 164 Å². The first kappa shape index (κ1) is 19.8. The molecule has 0 saturated carbocycles. The van der Waals surface area contributed by atoms with Crippen LogP contribution in [0.15, 0.2) is 24.3 Å². The number of hydrogen-bond donors (Lipinski definition) is 0. The summed E-state index contributed by atoms with van der Waals surface area (Å²) in [6, 6.07) is 7.39. The third-order valence-electron chi connectivity index (χ3n) is 4.89. The van der Waals surface area contributed by atoms with Crippen molar-refractivity contribution in [1.82, 2.24) is 9.47 Å². The van der Waals surface area contributed by atoms with E-state index >= 15 is 0 Å². The van der Waals surface area contributed by atoms with Crippen LogP contribution in [0.5, 0.6) is 11.5 Å². The average molecular weight is 386 g/mol. The number of rotatable bonds is 6. The zero-order valence-corrected chi connectivity index (χ0v) is 16.8. The monoisotopic (exact) mass is 386 g/mol. The Morgan fingerprint density at radius 2 is 1.86 bits per heavy atom. The lowest BCUT2D eigenvalue weighted by atomic mass is 10.2. The highest BCUT2D eigenvalue weighted by atomic mass is 16.6. The second kappa shape index (κ2) is 8.37. The SMILES string of the molecule is CCn1c(C)cc(C(=O)OCC(=O)N(C)Cc2ccc3c(c2)OCCO3)c1C. The number of aryl methyl sites for hydroxylation is 1. The topological polar surface area (TPSA) is 70.0 Å². The maximum atomic E-state index is 12.4. The molecule has 0 spiro atoms. The number of esters is 1. The Hall–Kier alpha value is -2.96. The molecule has 1 aliphatic rings. The highest BCUT2D eigenvalue weighted by Crippen LogP contribution is 2.31. The van der Waals surface area contributed by atoms with E-state index in [1.165, 1.54) is 4.90 Å². The highest BCUT2D eigenvalue weighted by Gasteiger charge is 2.19. The van der Waals surface area contributed by atoms with Crippen molar-refractivity contribution in [2.75, 3.05) is 26.9 Å². The molecule has 28 heavy (non-hydrogen) atoms. The molecular formula is C21H26N2O5. The van der Waals surface area contributed by atoms with Crippen molar-refractivity contribution in [1.29, 1.82) is 0 Å². The molecule has 0 bridgehead atoms. The van der Waals surface area contributed by atoms with Gasteiger partial charge in [0, 0.05) is 31.5 Å². The van der Waals surface area contributed by atoms with E-state index in [1.54, 1.807) is 13.1 Å². The molecule has 0 aliphatic carbocycles. The zero-order chi connectivity index (χ0) is 20.3. The second-order valence-electron chi connectivity index (χ2n) is 6.83. The van der Waals surface area contributed by atoms with Crippen LogP contribution in [0.4, 0.5) is 0 Å². The summed E-state index contributed by atoms with van der Waals surface area (Å²) in [6.45, 7) is 7.76. The Balaban J connectivity index is 1.56. The molecule has 7 heteroatoms. The molecule has 1 aliphatic heterocycles. The first-order valence-electron chi connectivity index (χ1n) is 9.37. The lowest BCUT2D eigenvalue weighted by Gasteiger charge is -2.21. The molecule has 150 valence electrons. The van der Waals surface area contributed by atoms with Crippen LogP contribution in [0.1, 0.15) is 34.2 Å². The lowest BCUT2D eigenvalue weighted by molar-refractivity contribution is -0.133. The Bertz CT molecular complexity index is 887. The van der Waals surface area contributed by atoms with Gasteiger partial charge in [0.15, 0.2) is 18.1 Å². The summed E-state index contributed by atoms with van der Waals surface area (Å²) in [5.74, 6) is 0.645. The largest absolute Gasteiger partial charge is 0.486 e. The van der Waals surface area contributed by atoms with Crippen molar-refractivity contribution < 1.29 is 23.8 Å². The van der Waals surface area contributed by atoms with Crippen LogP contribution in [0.2, 0.25) is 0 Å². The van der Waals surface area contributed by atoms with E-state index in [9.17, 15) is 9.59 Å². The highest BCUT2D eigenvalue weighted by molar-refractivity contribution is 5.92. The number of nitrogens with zero attached hydrogens (tertiary/aromatic N) is 2. The summed E-state index contributed by atoms with van der Waals surface area (Å²) < 4.78 is 18.3. The number of hydrogen-bond acceptors (Lipinski definition) is 5. The van der Waals surface area contributed by atoms with E-state index in [4.69, 9.17) is 14.2 Å². The molecule has 0 unspecified atom stereocenters. The van der Waals surface area contributed by atoms with Gasteiger partial charge in [0.1, 0.15) is 13.2 Å². The average Bonchev–Trinajstić information content (AvgIpc) is 2.99. The van der Waals surface area contributed by atoms with Gasteiger partial charge in [-0.3, -0.25) is 4.79 Å². The number of benzene rings is 1. The van der Waals surface area contributed by atoms with Crippen molar-refractivity contribution in [3.05, 3.63) is 46.8 Å². The number of likely N-dealkylation sites (N-methyl/N-ethyl adjacent to an activating group) is 1. The first-order chi connectivity index (χ1) is 13.4. The molecule has 0 N–H and O–H groups in total. The van der Waals surface area contributed by atoms with Crippen molar-refractivity contribution in [2.24, 2.45) is 0 Å². The number of carbonyl (C=O) groups is 2. The second-order valence-corrected chi connectivity index (χ2v) is 6.83. The minimum absolute atomic E-state index is 0.271. The Kier molecular flexibility index (Phi) is 5.92. The molecule has 3 rings (SSSR count). The van der Waals surface area contributed by atoms with E-state index in [2.05, 4.69) is 0 Å². The fourth-order valence-electron chi connectivity index (χ4n) is 3.36. The first-order valence-corrected chi connectivity index (χ1v) is 9.37. The third kappa shape index (κ3) is 4.13. The van der Waals surface area contributed by atoms with Gasteiger partial charge in [0.25, 0.3) is 5.91 Å². The van der Waals surface area contributed by atoms with Crippen LogP contribution < -0.4 is 9.47 Å². The number of aromatic nitrogens is 1. The third-order valence-corrected chi connectivity index (χ3v) is 4.89. The van der Waals surface area contributed by atoms with Crippen molar-refractivity contribution in [2.45, 2.75) is 33.9 Å².